The topological polar surface area (TPSA) is 64.6 Å². The number of fused-ring (bicyclic) bond motifs is 2. The Morgan fingerprint density at radius 1 is 1.19 bits per heavy atom. The van der Waals surface area contributed by atoms with Gasteiger partial charge in [0, 0.05) is 11.2 Å². The largest absolute Gasteiger partial charge is 0.485 e. The predicted octanol–water partition coefficient (Wildman–Crippen LogP) is 5.03. The first kappa shape index (κ1) is 19.8. The lowest BCUT2D eigenvalue weighted by Crippen LogP contribution is -2.46. The molecule has 0 saturated heterocycles. The molecule has 0 N–H and O–H groups in total. The smallest absolute Gasteiger partial charge is 0.273 e. The fourth-order valence-corrected chi connectivity index (χ4v) is 4.89. The summed E-state index contributed by atoms with van der Waals surface area (Å²) in [7, 11) is 0. The molecule has 1 atom stereocenters. The van der Waals surface area contributed by atoms with Gasteiger partial charge in [0.1, 0.15) is 6.61 Å². The summed E-state index contributed by atoms with van der Waals surface area (Å²) in [4.78, 5) is 24.3. The van der Waals surface area contributed by atoms with Crippen molar-refractivity contribution in [1.82, 2.24) is 9.97 Å². The summed E-state index contributed by atoms with van der Waals surface area (Å²) >= 11 is 7.64. The van der Waals surface area contributed by atoms with E-state index in [9.17, 15) is 4.79 Å². The Balaban J connectivity index is 1.52. The minimum Gasteiger partial charge on any atom is -0.485 e. The van der Waals surface area contributed by atoms with Gasteiger partial charge in [0.25, 0.3) is 5.91 Å². The number of carbonyl (C=O) groups excluding carboxylic acids is 1. The third kappa shape index (κ3) is 3.94. The number of halogens is 1. The molecule has 1 unspecified atom stereocenters. The van der Waals surface area contributed by atoms with Crippen molar-refractivity contribution in [3.63, 3.8) is 0 Å². The van der Waals surface area contributed by atoms with E-state index in [1.807, 2.05) is 55.5 Å². The molecule has 2 aromatic heterocycles. The molecule has 1 amide bonds. The molecule has 8 heteroatoms. The molecule has 0 saturated carbocycles. The highest BCUT2D eigenvalue weighted by atomic mass is 35.5. The van der Waals surface area contributed by atoms with Gasteiger partial charge in [-0.25, -0.2) is 4.98 Å². The Morgan fingerprint density at radius 3 is 2.81 bits per heavy atom. The van der Waals surface area contributed by atoms with Crippen LogP contribution in [0.1, 0.15) is 11.3 Å². The second-order valence-corrected chi connectivity index (χ2v) is 8.62. The Hall–Kier alpha value is -3.16. The van der Waals surface area contributed by atoms with Gasteiger partial charge >= 0.3 is 0 Å². The van der Waals surface area contributed by atoms with Crippen molar-refractivity contribution in [1.29, 1.82) is 0 Å². The minimum atomic E-state index is -0.782. The molecule has 6 nitrogen and oxygen atoms in total. The molecule has 3 heterocycles. The van der Waals surface area contributed by atoms with Crippen LogP contribution in [0.4, 0.5) is 5.13 Å². The van der Waals surface area contributed by atoms with Crippen LogP contribution in [0.3, 0.4) is 0 Å². The maximum atomic E-state index is 13.6. The molecule has 31 heavy (non-hydrogen) atoms. The van der Waals surface area contributed by atoms with Crippen LogP contribution in [-0.4, -0.2) is 28.6 Å². The van der Waals surface area contributed by atoms with Crippen LogP contribution in [0.15, 0.2) is 60.8 Å². The molecular weight excluding hydrogens is 434 g/mol. The van der Waals surface area contributed by atoms with Crippen LogP contribution >= 0.6 is 22.9 Å². The number of para-hydroxylation sites is 2. The van der Waals surface area contributed by atoms with Gasteiger partial charge in [0.15, 0.2) is 16.6 Å². The lowest BCUT2D eigenvalue weighted by molar-refractivity contribution is -0.127. The number of benzene rings is 2. The predicted molar refractivity (Wildman–Crippen MR) is 121 cm³/mol. The van der Waals surface area contributed by atoms with Gasteiger partial charge in [-0.3, -0.25) is 14.7 Å². The minimum absolute atomic E-state index is 0.129. The SMILES string of the molecule is Cc1cc(Cl)cc2sc(N(Cc3ccccn3)C(=O)C3COc4ccccc4O3)nc12. The lowest BCUT2D eigenvalue weighted by Gasteiger charge is -2.29. The van der Waals surface area contributed by atoms with Gasteiger partial charge in [-0.1, -0.05) is 41.1 Å². The molecule has 4 aromatic rings. The quantitative estimate of drug-likeness (QED) is 0.435. The molecule has 0 fully saturated rings. The molecule has 1 aliphatic heterocycles. The van der Waals surface area contributed by atoms with Gasteiger partial charge in [0.05, 0.1) is 22.5 Å². The Morgan fingerprint density at radius 2 is 2.00 bits per heavy atom. The normalized spacial score (nSPS) is 15.1. The average molecular weight is 452 g/mol. The van der Waals surface area contributed by atoms with Gasteiger partial charge in [-0.05, 0) is 48.9 Å². The number of thiazole rings is 1. The number of aryl methyl sites for hydroxylation is 1. The van der Waals surface area contributed by atoms with Gasteiger partial charge in [0.2, 0.25) is 6.10 Å². The second kappa shape index (κ2) is 8.17. The molecule has 2 aromatic carbocycles. The van der Waals surface area contributed by atoms with Crippen LogP contribution in [0, 0.1) is 6.92 Å². The summed E-state index contributed by atoms with van der Waals surface area (Å²) in [5.74, 6) is 0.952. The van der Waals surface area contributed by atoms with E-state index in [1.165, 1.54) is 11.3 Å². The monoisotopic (exact) mass is 451 g/mol. The second-order valence-electron chi connectivity index (χ2n) is 7.18. The summed E-state index contributed by atoms with van der Waals surface area (Å²) in [5, 5.41) is 1.21. The van der Waals surface area contributed by atoms with E-state index >= 15 is 0 Å². The van der Waals surface area contributed by atoms with Gasteiger partial charge in [-0.15, -0.1) is 0 Å². The number of aromatic nitrogens is 2. The summed E-state index contributed by atoms with van der Waals surface area (Å²) in [6.45, 7) is 2.36. The zero-order valence-corrected chi connectivity index (χ0v) is 18.2. The van der Waals surface area contributed by atoms with Crippen LogP contribution in [-0.2, 0) is 11.3 Å². The van der Waals surface area contributed by atoms with Crippen LogP contribution in [0.5, 0.6) is 11.5 Å². The summed E-state index contributed by atoms with van der Waals surface area (Å²) < 4.78 is 12.7. The first-order chi connectivity index (χ1) is 15.1. The van der Waals surface area contributed by atoms with Crippen molar-refractivity contribution in [2.45, 2.75) is 19.6 Å². The van der Waals surface area contributed by atoms with E-state index in [0.29, 0.717) is 21.7 Å². The van der Waals surface area contributed by atoms with E-state index < -0.39 is 6.10 Å². The van der Waals surface area contributed by atoms with E-state index in [2.05, 4.69) is 4.98 Å². The maximum Gasteiger partial charge on any atom is 0.273 e. The van der Waals surface area contributed by atoms with Crippen molar-refractivity contribution in [2.75, 3.05) is 11.5 Å². The van der Waals surface area contributed by atoms with Crippen LogP contribution < -0.4 is 14.4 Å². The van der Waals surface area contributed by atoms with Crippen molar-refractivity contribution in [3.8, 4) is 11.5 Å². The molecule has 156 valence electrons. The molecular formula is C23H18ClN3O3S. The molecule has 0 radical (unpaired) electrons. The van der Waals surface area contributed by atoms with Crippen molar-refractivity contribution in [2.24, 2.45) is 0 Å². The Labute approximate surface area is 188 Å². The molecule has 0 aliphatic carbocycles. The van der Waals surface area contributed by atoms with E-state index in [0.717, 1.165) is 21.5 Å². The number of pyridine rings is 1. The third-order valence-corrected chi connectivity index (χ3v) is 6.21. The fraction of sp³-hybridized carbons (Fsp3) is 0.174. The standard InChI is InChI=1S/C23H18ClN3O3S/c1-14-10-15(24)11-20-21(14)26-23(31-20)27(12-16-6-4-5-9-25-16)22(28)19-13-29-17-7-2-3-8-18(17)30-19/h2-11,19H,12-13H2,1H3. The zero-order chi connectivity index (χ0) is 21.4. The summed E-state index contributed by atoms with van der Waals surface area (Å²) in [6, 6.07) is 16.7. The highest BCUT2D eigenvalue weighted by Gasteiger charge is 2.33. The van der Waals surface area contributed by atoms with Gasteiger partial charge in [-0.2, -0.15) is 0 Å². The summed E-state index contributed by atoms with van der Waals surface area (Å²) in [6.07, 6.45) is 0.923. The number of amides is 1. The molecule has 5 rings (SSSR count). The van der Waals surface area contributed by atoms with E-state index in [-0.39, 0.29) is 19.1 Å². The average Bonchev–Trinajstić information content (AvgIpc) is 3.21. The molecule has 1 aliphatic rings. The molecule has 0 spiro atoms. The number of nitrogens with zero attached hydrogens (tertiary/aromatic N) is 3. The Bertz CT molecular complexity index is 1260. The number of hydrogen-bond acceptors (Lipinski definition) is 6. The zero-order valence-electron chi connectivity index (χ0n) is 16.6. The van der Waals surface area contributed by atoms with Crippen LogP contribution in [0.25, 0.3) is 10.2 Å². The van der Waals surface area contributed by atoms with Crippen molar-refractivity contribution in [3.05, 3.63) is 77.1 Å². The number of hydrogen-bond donors (Lipinski definition) is 0. The number of ether oxygens (including phenoxy) is 2. The van der Waals surface area contributed by atoms with E-state index in [1.54, 1.807) is 17.2 Å². The van der Waals surface area contributed by atoms with Crippen molar-refractivity contribution < 1.29 is 14.3 Å². The first-order valence-electron chi connectivity index (χ1n) is 9.75. The van der Waals surface area contributed by atoms with Gasteiger partial charge < -0.3 is 9.47 Å². The molecule has 0 bridgehead atoms. The maximum absolute atomic E-state index is 13.6. The highest BCUT2D eigenvalue weighted by Crippen LogP contribution is 2.35. The lowest BCUT2D eigenvalue weighted by atomic mass is 10.2. The fourth-order valence-electron chi connectivity index (χ4n) is 3.47. The first-order valence-corrected chi connectivity index (χ1v) is 10.9. The number of anilines is 1. The third-order valence-electron chi connectivity index (χ3n) is 4.97. The Kier molecular flexibility index (Phi) is 5.21. The van der Waals surface area contributed by atoms with Crippen molar-refractivity contribution >= 4 is 44.2 Å². The number of rotatable bonds is 4. The number of carbonyl (C=O) groups is 1. The van der Waals surface area contributed by atoms with E-state index in [4.69, 9.17) is 26.1 Å². The highest BCUT2D eigenvalue weighted by molar-refractivity contribution is 7.22. The van der Waals surface area contributed by atoms with Crippen LogP contribution in [0.2, 0.25) is 5.02 Å². The summed E-state index contributed by atoms with van der Waals surface area (Å²) in [5.41, 5.74) is 2.54.